The summed E-state index contributed by atoms with van der Waals surface area (Å²) in [4.78, 5) is 12.1. The standard InChI is InChI=1S/C16H14N2O3/c1-10-6-7-12(14(19)8-10)17-16(20)9-13-11-4-2-3-5-15(11)21-18-13/h2-8,19H,9H2,1H3,(H,17,20). The van der Waals surface area contributed by atoms with Crippen LogP contribution in [0.5, 0.6) is 5.75 Å². The van der Waals surface area contributed by atoms with Gasteiger partial charge >= 0.3 is 0 Å². The zero-order valence-corrected chi connectivity index (χ0v) is 11.5. The summed E-state index contributed by atoms with van der Waals surface area (Å²) in [6.45, 7) is 1.87. The number of fused-ring (bicyclic) bond motifs is 1. The molecule has 0 spiro atoms. The maximum absolute atomic E-state index is 12.1. The Morgan fingerprint density at radius 2 is 2.10 bits per heavy atom. The molecule has 0 radical (unpaired) electrons. The van der Waals surface area contributed by atoms with E-state index < -0.39 is 0 Å². The Hall–Kier alpha value is -2.82. The molecule has 1 heterocycles. The van der Waals surface area contributed by atoms with Gasteiger partial charge in [0.1, 0.15) is 11.4 Å². The lowest BCUT2D eigenvalue weighted by Crippen LogP contribution is -2.14. The number of benzene rings is 2. The molecule has 0 saturated carbocycles. The number of phenolic OH excluding ortho intramolecular Hbond substituents is 1. The zero-order chi connectivity index (χ0) is 14.8. The second-order valence-corrected chi connectivity index (χ2v) is 4.87. The lowest BCUT2D eigenvalue weighted by Gasteiger charge is -2.07. The number of hydrogen-bond donors (Lipinski definition) is 2. The van der Waals surface area contributed by atoms with Crippen LogP contribution < -0.4 is 5.32 Å². The van der Waals surface area contributed by atoms with Gasteiger partial charge in [-0.15, -0.1) is 0 Å². The quantitative estimate of drug-likeness (QED) is 0.724. The first kappa shape index (κ1) is 13.2. The third kappa shape index (κ3) is 2.72. The number of rotatable bonds is 3. The van der Waals surface area contributed by atoms with Gasteiger partial charge < -0.3 is 14.9 Å². The topological polar surface area (TPSA) is 75.4 Å². The molecular formula is C16H14N2O3. The molecule has 0 fully saturated rings. The minimum Gasteiger partial charge on any atom is -0.506 e. The fourth-order valence-corrected chi connectivity index (χ4v) is 2.16. The first-order valence-corrected chi connectivity index (χ1v) is 6.56. The highest BCUT2D eigenvalue weighted by molar-refractivity contribution is 5.95. The van der Waals surface area contributed by atoms with Crippen molar-refractivity contribution in [2.75, 3.05) is 5.32 Å². The molecule has 0 aliphatic rings. The summed E-state index contributed by atoms with van der Waals surface area (Å²) < 4.78 is 5.16. The second-order valence-electron chi connectivity index (χ2n) is 4.87. The van der Waals surface area contributed by atoms with E-state index in [1.807, 2.05) is 31.2 Å². The fourth-order valence-electron chi connectivity index (χ4n) is 2.16. The molecule has 0 unspecified atom stereocenters. The summed E-state index contributed by atoms with van der Waals surface area (Å²) in [5, 5.41) is 17.2. The van der Waals surface area contributed by atoms with Gasteiger partial charge in [0, 0.05) is 5.39 Å². The van der Waals surface area contributed by atoms with E-state index in [4.69, 9.17) is 4.52 Å². The van der Waals surface area contributed by atoms with Gasteiger partial charge in [-0.2, -0.15) is 0 Å². The lowest BCUT2D eigenvalue weighted by atomic mass is 10.1. The summed E-state index contributed by atoms with van der Waals surface area (Å²) in [6, 6.07) is 12.5. The molecule has 5 heteroatoms. The number of carbonyl (C=O) groups excluding carboxylic acids is 1. The van der Waals surface area contributed by atoms with E-state index in [0.717, 1.165) is 10.9 Å². The number of anilines is 1. The van der Waals surface area contributed by atoms with Crippen LogP contribution in [0.2, 0.25) is 0 Å². The zero-order valence-electron chi connectivity index (χ0n) is 11.5. The molecule has 0 aliphatic carbocycles. The highest BCUT2D eigenvalue weighted by Gasteiger charge is 2.13. The van der Waals surface area contributed by atoms with E-state index in [9.17, 15) is 9.90 Å². The Bertz CT molecular complexity index is 808. The minimum absolute atomic E-state index is 0.0494. The molecule has 5 nitrogen and oxygen atoms in total. The van der Waals surface area contributed by atoms with Gasteiger partial charge in [0.2, 0.25) is 5.91 Å². The Kier molecular flexibility index (Phi) is 3.31. The van der Waals surface area contributed by atoms with Crippen molar-refractivity contribution in [2.45, 2.75) is 13.3 Å². The predicted molar refractivity (Wildman–Crippen MR) is 79.2 cm³/mol. The highest BCUT2D eigenvalue weighted by atomic mass is 16.5. The van der Waals surface area contributed by atoms with Crippen LogP contribution in [0.3, 0.4) is 0 Å². The van der Waals surface area contributed by atoms with Crippen LogP contribution >= 0.6 is 0 Å². The number of aromatic hydroxyl groups is 1. The normalized spacial score (nSPS) is 10.7. The largest absolute Gasteiger partial charge is 0.506 e. The molecule has 106 valence electrons. The third-order valence-electron chi connectivity index (χ3n) is 3.21. The average molecular weight is 282 g/mol. The first-order chi connectivity index (χ1) is 10.1. The molecule has 3 aromatic rings. The highest BCUT2D eigenvalue weighted by Crippen LogP contribution is 2.24. The number of hydrogen-bond acceptors (Lipinski definition) is 4. The van der Waals surface area contributed by atoms with E-state index in [-0.39, 0.29) is 18.1 Å². The van der Waals surface area contributed by atoms with Crippen molar-refractivity contribution in [3.8, 4) is 5.75 Å². The Morgan fingerprint density at radius 3 is 2.90 bits per heavy atom. The van der Waals surface area contributed by atoms with Crippen molar-refractivity contribution < 1.29 is 14.4 Å². The van der Waals surface area contributed by atoms with Crippen molar-refractivity contribution in [1.82, 2.24) is 5.16 Å². The second kappa shape index (κ2) is 5.28. The SMILES string of the molecule is Cc1ccc(NC(=O)Cc2noc3ccccc23)c(O)c1. The first-order valence-electron chi connectivity index (χ1n) is 6.56. The van der Waals surface area contributed by atoms with Crippen LogP contribution in [0.4, 0.5) is 5.69 Å². The van der Waals surface area contributed by atoms with E-state index in [1.54, 1.807) is 18.2 Å². The van der Waals surface area contributed by atoms with Gasteiger partial charge in [-0.1, -0.05) is 23.4 Å². The van der Waals surface area contributed by atoms with Crippen molar-refractivity contribution in [3.63, 3.8) is 0 Å². The van der Waals surface area contributed by atoms with E-state index >= 15 is 0 Å². The molecule has 1 amide bonds. The molecule has 21 heavy (non-hydrogen) atoms. The smallest absolute Gasteiger partial charge is 0.230 e. The summed E-state index contributed by atoms with van der Waals surface area (Å²) in [6.07, 6.45) is 0.0876. The summed E-state index contributed by atoms with van der Waals surface area (Å²) >= 11 is 0. The number of nitrogens with zero attached hydrogens (tertiary/aromatic N) is 1. The maximum Gasteiger partial charge on any atom is 0.230 e. The van der Waals surface area contributed by atoms with E-state index in [1.165, 1.54) is 0 Å². The van der Waals surface area contributed by atoms with Crippen molar-refractivity contribution >= 4 is 22.6 Å². The molecule has 2 N–H and O–H groups in total. The molecular weight excluding hydrogens is 268 g/mol. The fraction of sp³-hybridized carbons (Fsp3) is 0.125. The molecule has 0 bridgehead atoms. The minimum atomic E-state index is -0.256. The van der Waals surface area contributed by atoms with E-state index in [0.29, 0.717) is 17.0 Å². The van der Waals surface area contributed by atoms with Gasteiger partial charge in [0.05, 0.1) is 12.1 Å². The van der Waals surface area contributed by atoms with Crippen LogP contribution in [-0.4, -0.2) is 16.2 Å². The van der Waals surface area contributed by atoms with Crippen molar-refractivity contribution in [3.05, 3.63) is 53.7 Å². The van der Waals surface area contributed by atoms with Crippen LogP contribution in [-0.2, 0) is 11.2 Å². The Balaban J connectivity index is 1.77. The third-order valence-corrected chi connectivity index (χ3v) is 3.21. The molecule has 0 aliphatic heterocycles. The number of amides is 1. The molecule has 1 aromatic heterocycles. The van der Waals surface area contributed by atoms with Crippen LogP contribution in [0.15, 0.2) is 47.0 Å². The number of aromatic nitrogens is 1. The van der Waals surface area contributed by atoms with Crippen LogP contribution in [0.25, 0.3) is 11.0 Å². The molecule has 0 saturated heterocycles. The van der Waals surface area contributed by atoms with Gasteiger partial charge in [0.25, 0.3) is 0 Å². The van der Waals surface area contributed by atoms with Crippen molar-refractivity contribution in [2.24, 2.45) is 0 Å². The predicted octanol–water partition coefficient (Wildman–Crippen LogP) is 3.02. The van der Waals surface area contributed by atoms with Gasteiger partial charge in [-0.05, 0) is 36.8 Å². The molecule has 0 atom stereocenters. The number of para-hydroxylation sites is 1. The number of carbonyl (C=O) groups is 1. The van der Waals surface area contributed by atoms with Gasteiger partial charge in [-0.25, -0.2) is 0 Å². The van der Waals surface area contributed by atoms with Gasteiger partial charge in [0.15, 0.2) is 5.58 Å². The molecule has 2 aromatic carbocycles. The Morgan fingerprint density at radius 1 is 1.29 bits per heavy atom. The maximum atomic E-state index is 12.1. The monoisotopic (exact) mass is 282 g/mol. The van der Waals surface area contributed by atoms with Crippen LogP contribution in [0, 0.1) is 6.92 Å². The number of phenols is 1. The van der Waals surface area contributed by atoms with Gasteiger partial charge in [-0.3, -0.25) is 4.79 Å². The molecule has 3 rings (SSSR count). The van der Waals surface area contributed by atoms with Crippen molar-refractivity contribution in [1.29, 1.82) is 0 Å². The lowest BCUT2D eigenvalue weighted by molar-refractivity contribution is -0.115. The van der Waals surface area contributed by atoms with Crippen LogP contribution in [0.1, 0.15) is 11.3 Å². The summed E-state index contributed by atoms with van der Waals surface area (Å²) in [7, 11) is 0. The summed E-state index contributed by atoms with van der Waals surface area (Å²) in [5.74, 6) is -0.207. The number of aryl methyl sites for hydroxylation is 1. The Labute approximate surface area is 121 Å². The van der Waals surface area contributed by atoms with E-state index in [2.05, 4.69) is 10.5 Å². The number of nitrogens with one attached hydrogen (secondary N) is 1. The summed E-state index contributed by atoms with van der Waals surface area (Å²) in [5.41, 5.74) is 2.54. The average Bonchev–Trinajstić information content (AvgIpc) is 2.85.